The Morgan fingerprint density at radius 2 is 2.14 bits per heavy atom. The normalized spacial score (nSPS) is 19.8. The second kappa shape index (κ2) is 6.62. The lowest BCUT2D eigenvalue weighted by atomic mass is 10.0. The SMILES string of the molecule is CSc1ccc(-c2noc(CN3CCC[C@H](C)C3)n2)cc1. The van der Waals surface area contributed by atoms with Gasteiger partial charge in [-0.3, -0.25) is 4.90 Å². The number of nitrogens with zero attached hydrogens (tertiary/aromatic N) is 3. The van der Waals surface area contributed by atoms with Crippen molar-refractivity contribution >= 4 is 11.8 Å². The van der Waals surface area contributed by atoms with E-state index in [2.05, 4.69) is 40.4 Å². The topological polar surface area (TPSA) is 42.2 Å². The first-order chi connectivity index (χ1) is 10.2. The summed E-state index contributed by atoms with van der Waals surface area (Å²) in [5, 5.41) is 4.11. The van der Waals surface area contributed by atoms with Gasteiger partial charge in [0.05, 0.1) is 6.54 Å². The molecule has 3 rings (SSSR count). The van der Waals surface area contributed by atoms with Crippen LogP contribution in [0, 0.1) is 5.92 Å². The highest BCUT2D eigenvalue weighted by Gasteiger charge is 2.19. The minimum Gasteiger partial charge on any atom is -0.338 e. The molecule has 2 aromatic rings. The quantitative estimate of drug-likeness (QED) is 0.806. The second-order valence-electron chi connectivity index (χ2n) is 5.72. The molecule has 1 fully saturated rings. The van der Waals surface area contributed by atoms with E-state index in [1.54, 1.807) is 11.8 Å². The summed E-state index contributed by atoms with van der Waals surface area (Å²) in [6, 6.07) is 8.26. The predicted molar refractivity (Wildman–Crippen MR) is 85.2 cm³/mol. The number of likely N-dealkylation sites (tertiary alicyclic amines) is 1. The molecule has 0 N–H and O–H groups in total. The maximum absolute atomic E-state index is 5.41. The van der Waals surface area contributed by atoms with Crippen molar-refractivity contribution in [2.24, 2.45) is 5.92 Å². The van der Waals surface area contributed by atoms with Crippen LogP contribution < -0.4 is 0 Å². The van der Waals surface area contributed by atoms with Crippen molar-refractivity contribution in [3.8, 4) is 11.4 Å². The van der Waals surface area contributed by atoms with Crippen LogP contribution in [0.25, 0.3) is 11.4 Å². The lowest BCUT2D eigenvalue weighted by molar-refractivity contribution is 0.157. The molecule has 1 atom stereocenters. The van der Waals surface area contributed by atoms with Crippen molar-refractivity contribution in [1.29, 1.82) is 0 Å². The van der Waals surface area contributed by atoms with Gasteiger partial charge in [-0.05, 0) is 55.8 Å². The van der Waals surface area contributed by atoms with Gasteiger partial charge in [0.1, 0.15) is 0 Å². The zero-order valence-corrected chi connectivity index (χ0v) is 13.4. The first-order valence-corrected chi connectivity index (χ1v) is 8.66. The molecular formula is C16H21N3OS. The summed E-state index contributed by atoms with van der Waals surface area (Å²) in [5.41, 5.74) is 1.01. The molecule has 0 radical (unpaired) electrons. The molecule has 0 unspecified atom stereocenters. The number of rotatable bonds is 4. The van der Waals surface area contributed by atoms with E-state index in [0.29, 0.717) is 11.7 Å². The molecule has 4 nitrogen and oxygen atoms in total. The van der Waals surface area contributed by atoms with Gasteiger partial charge in [0.25, 0.3) is 0 Å². The number of thioether (sulfide) groups is 1. The van der Waals surface area contributed by atoms with Crippen molar-refractivity contribution in [2.75, 3.05) is 19.3 Å². The number of aromatic nitrogens is 2. The molecule has 1 aliphatic heterocycles. The Kier molecular flexibility index (Phi) is 4.60. The summed E-state index contributed by atoms with van der Waals surface area (Å²) >= 11 is 1.73. The Hall–Kier alpha value is -1.33. The summed E-state index contributed by atoms with van der Waals surface area (Å²) in [7, 11) is 0. The fourth-order valence-corrected chi connectivity index (χ4v) is 3.21. The highest BCUT2D eigenvalue weighted by atomic mass is 32.2. The molecule has 0 spiro atoms. The fourth-order valence-electron chi connectivity index (χ4n) is 2.80. The van der Waals surface area contributed by atoms with Crippen LogP contribution in [0.1, 0.15) is 25.7 Å². The first kappa shape index (κ1) is 14.6. The standard InChI is InChI=1S/C16H21N3OS/c1-12-4-3-9-19(10-12)11-15-17-16(18-20-15)13-5-7-14(21-2)8-6-13/h5-8,12H,3-4,9-11H2,1-2H3/t12-/m0/s1. The summed E-state index contributed by atoms with van der Waals surface area (Å²) in [6.07, 6.45) is 4.66. The third-order valence-electron chi connectivity index (χ3n) is 3.92. The third-order valence-corrected chi connectivity index (χ3v) is 4.66. The molecule has 1 aromatic heterocycles. The highest BCUT2D eigenvalue weighted by Crippen LogP contribution is 2.22. The van der Waals surface area contributed by atoms with E-state index in [4.69, 9.17) is 4.52 Å². The van der Waals surface area contributed by atoms with Crippen molar-refractivity contribution in [1.82, 2.24) is 15.0 Å². The van der Waals surface area contributed by atoms with Gasteiger partial charge in [-0.2, -0.15) is 4.98 Å². The monoisotopic (exact) mass is 303 g/mol. The zero-order valence-electron chi connectivity index (χ0n) is 12.6. The van der Waals surface area contributed by atoms with Gasteiger partial charge in [-0.25, -0.2) is 0 Å². The summed E-state index contributed by atoms with van der Waals surface area (Å²) in [5.74, 6) is 2.16. The number of hydrogen-bond donors (Lipinski definition) is 0. The minimum atomic E-state index is 0.683. The zero-order chi connectivity index (χ0) is 14.7. The number of hydrogen-bond acceptors (Lipinski definition) is 5. The van der Waals surface area contributed by atoms with Gasteiger partial charge < -0.3 is 4.52 Å². The Morgan fingerprint density at radius 1 is 1.33 bits per heavy atom. The first-order valence-electron chi connectivity index (χ1n) is 7.44. The van der Waals surface area contributed by atoms with E-state index in [-0.39, 0.29) is 0 Å². The molecule has 0 bridgehead atoms. The van der Waals surface area contributed by atoms with Crippen LogP contribution in [0.5, 0.6) is 0 Å². The lowest BCUT2D eigenvalue weighted by Crippen LogP contribution is -2.33. The van der Waals surface area contributed by atoms with E-state index in [0.717, 1.165) is 31.1 Å². The van der Waals surface area contributed by atoms with Crippen molar-refractivity contribution in [2.45, 2.75) is 31.2 Å². The van der Waals surface area contributed by atoms with Crippen LogP contribution in [0.2, 0.25) is 0 Å². The number of piperidine rings is 1. The summed E-state index contributed by atoms with van der Waals surface area (Å²) < 4.78 is 5.41. The van der Waals surface area contributed by atoms with Crippen LogP contribution in [0.4, 0.5) is 0 Å². The maximum Gasteiger partial charge on any atom is 0.241 e. The molecule has 0 amide bonds. The Balaban J connectivity index is 1.67. The van der Waals surface area contributed by atoms with Gasteiger partial charge in [0.2, 0.25) is 11.7 Å². The minimum absolute atomic E-state index is 0.683. The molecule has 0 saturated carbocycles. The molecule has 21 heavy (non-hydrogen) atoms. The number of benzene rings is 1. The molecule has 2 heterocycles. The Bertz CT molecular complexity index is 581. The van der Waals surface area contributed by atoms with E-state index in [1.807, 2.05) is 12.1 Å². The third kappa shape index (κ3) is 3.66. The van der Waals surface area contributed by atoms with Crippen LogP contribution in [-0.4, -0.2) is 34.4 Å². The molecular weight excluding hydrogens is 282 g/mol. The maximum atomic E-state index is 5.41. The lowest BCUT2D eigenvalue weighted by Gasteiger charge is -2.29. The Labute approximate surface area is 129 Å². The average molecular weight is 303 g/mol. The molecule has 1 aromatic carbocycles. The second-order valence-corrected chi connectivity index (χ2v) is 6.60. The molecule has 0 aliphatic carbocycles. The molecule has 5 heteroatoms. The van der Waals surface area contributed by atoms with E-state index >= 15 is 0 Å². The van der Waals surface area contributed by atoms with Crippen LogP contribution in [0.3, 0.4) is 0 Å². The van der Waals surface area contributed by atoms with Crippen molar-refractivity contribution in [3.63, 3.8) is 0 Å². The van der Waals surface area contributed by atoms with Crippen LogP contribution in [0.15, 0.2) is 33.7 Å². The summed E-state index contributed by atoms with van der Waals surface area (Å²) in [6.45, 7) is 5.32. The smallest absolute Gasteiger partial charge is 0.241 e. The van der Waals surface area contributed by atoms with Crippen molar-refractivity contribution in [3.05, 3.63) is 30.2 Å². The van der Waals surface area contributed by atoms with Gasteiger partial charge in [0, 0.05) is 17.0 Å². The molecule has 1 aliphatic rings. The molecule has 112 valence electrons. The fraction of sp³-hybridized carbons (Fsp3) is 0.500. The Morgan fingerprint density at radius 3 is 2.86 bits per heavy atom. The van der Waals surface area contributed by atoms with E-state index in [1.165, 1.54) is 17.7 Å². The predicted octanol–water partition coefficient (Wildman–Crippen LogP) is 3.69. The van der Waals surface area contributed by atoms with Gasteiger partial charge in [-0.15, -0.1) is 11.8 Å². The highest BCUT2D eigenvalue weighted by molar-refractivity contribution is 7.98. The van der Waals surface area contributed by atoms with Gasteiger partial charge in [0.15, 0.2) is 0 Å². The van der Waals surface area contributed by atoms with Crippen molar-refractivity contribution < 1.29 is 4.52 Å². The van der Waals surface area contributed by atoms with E-state index in [9.17, 15) is 0 Å². The van der Waals surface area contributed by atoms with Gasteiger partial charge >= 0.3 is 0 Å². The van der Waals surface area contributed by atoms with Gasteiger partial charge in [-0.1, -0.05) is 12.1 Å². The van der Waals surface area contributed by atoms with Crippen LogP contribution in [-0.2, 0) is 6.54 Å². The van der Waals surface area contributed by atoms with Crippen LogP contribution >= 0.6 is 11.8 Å². The average Bonchev–Trinajstić information content (AvgIpc) is 2.96. The molecule has 1 saturated heterocycles. The summed E-state index contributed by atoms with van der Waals surface area (Å²) in [4.78, 5) is 8.17. The van der Waals surface area contributed by atoms with E-state index < -0.39 is 0 Å². The largest absolute Gasteiger partial charge is 0.338 e.